The van der Waals surface area contributed by atoms with E-state index in [0.717, 1.165) is 6.07 Å². The van der Waals surface area contributed by atoms with Gasteiger partial charge in [-0.25, -0.2) is 14.1 Å². The molecule has 0 aliphatic carbocycles. The van der Waals surface area contributed by atoms with Crippen molar-refractivity contribution in [2.24, 2.45) is 0 Å². The minimum Gasteiger partial charge on any atom is -0.489 e. The van der Waals surface area contributed by atoms with Gasteiger partial charge in [0.25, 0.3) is 17.5 Å². The van der Waals surface area contributed by atoms with Gasteiger partial charge < -0.3 is 4.74 Å². The maximum atomic E-state index is 13.3. The van der Waals surface area contributed by atoms with Crippen LogP contribution in [0.3, 0.4) is 0 Å². The van der Waals surface area contributed by atoms with Crippen LogP contribution in [-0.2, 0) is 16.2 Å². The molecule has 170 valence electrons. The van der Waals surface area contributed by atoms with E-state index in [1.165, 1.54) is 36.4 Å². The number of ether oxygens (including phenoxy) is 1. The standard InChI is InChI=1S/C24H16FN3O6/c25-17-4-1-3-16(11-17)14-34-20-9-7-15(8-10-20)12-21-22(29)26-24(31)27(23(21)30)18-5-2-6-19(13-18)28(32)33/h1-13H,14H2,(H,26,29,31). The number of non-ortho nitro benzene ring substituents is 1. The molecule has 1 saturated heterocycles. The summed E-state index contributed by atoms with van der Waals surface area (Å²) in [6, 6.07) is 16.4. The fraction of sp³-hybridized carbons (Fsp3) is 0.0417. The third-order valence-electron chi connectivity index (χ3n) is 4.89. The average Bonchev–Trinajstić information content (AvgIpc) is 2.81. The molecule has 0 spiro atoms. The molecule has 1 N–H and O–H groups in total. The van der Waals surface area contributed by atoms with Crippen molar-refractivity contribution in [3.8, 4) is 5.75 Å². The molecule has 1 aliphatic heterocycles. The van der Waals surface area contributed by atoms with Crippen LogP contribution in [0.5, 0.6) is 5.75 Å². The number of carbonyl (C=O) groups is 3. The Labute approximate surface area is 192 Å². The molecule has 0 atom stereocenters. The Morgan fingerprint density at radius 1 is 1.00 bits per heavy atom. The van der Waals surface area contributed by atoms with Crippen LogP contribution in [-0.4, -0.2) is 22.8 Å². The Kier molecular flexibility index (Phi) is 6.13. The van der Waals surface area contributed by atoms with E-state index in [4.69, 9.17) is 4.74 Å². The van der Waals surface area contributed by atoms with Gasteiger partial charge in [-0.05, 0) is 47.5 Å². The van der Waals surface area contributed by atoms with E-state index in [1.807, 2.05) is 0 Å². The smallest absolute Gasteiger partial charge is 0.335 e. The highest BCUT2D eigenvalue weighted by Crippen LogP contribution is 2.26. The highest BCUT2D eigenvalue weighted by molar-refractivity contribution is 6.39. The fourth-order valence-corrected chi connectivity index (χ4v) is 3.26. The van der Waals surface area contributed by atoms with Gasteiger partial charge in [0.1, 0.15) is 23.7 Å². The summed E-state index contributed by atoms with van der Waals surface area (Å²) in [5, 5.41) is 13.1. The van der Waals surface area contributed by atoms with E-state index in [9.17, 15) is 28.9 Å². The zero-order chi connectivity index (χ0) is 24.2. The van der Waals surface area contributed by atoms with Crippen molar-refractivity contribution in [1.82, 2.24) is 5.32 Å². The van der Waals surface area contributed by atoms with Gasteiger partial charge in [-0.1, -0.05) is 30.3 Å². The van der Waals surface area contributed by atoms with E-state index >= 15 is 0 Å². The third kappa shape index (κ3) is 4.80. The quantitative estimate of drug-likeness (QED) is 0.257. The van der Waals surface area contributed by atoms with Gasteiger partial charge in [-0.2, -0.15) is 0 Å². The molecule has 0 unspecified atom stereocenters. The van der Waals surface area contributed by atoms with Crippen LogP contribution in [0.2, 0.25) is 0 Å². The molecule has 3 aromatic carbocycles. The molecule has 0 bridgehead atoms. The summed E-state index contributed by atoms with van der Waals surface area (Å²) in [6.45, 7) is 0.152. The highest BCUT2D eigenvalue weighted by atomic mass is 19.1. The van der Waals surface area contributed by atoms with Gasteiger partial charge in [-0.15, -0.1) is 0 Å². The molecular weight excluding hydrogens is 445 g/mol. The second-order valence-corrected chi connectivity index (χ2v) is 7.22. The number of carbonyl (C=O) groups excluding carboxylic acids is 3. The largest absolute Gasteiger partial charge is 0.489 e. The van der Waals surface area contributed by atoms with Crippen molar-refractivity contribution in [2.75, 3.05) is 4.90 Å². The molecule has 3 aromatic rings. The topological polar surface area (TPSA) is 119 Å². The number of imide groups is 2. The molecule has 9 nitrogen and oxygen atoms in total. The highest BCUT2D eigenvalue weighted by Gasteiger charge is 2.37. The van der Waals surface area contributed by atoms with Gasteiger partial charge in [0, 0.05) is 12.1 Å². The number of urea groups is 1. The van der Waals surface area contributed by atoms with Crippen LogP contribution in [0.15, 0.2) is 78.4 Å². The fourth-order valence-electron chi connectivity index (χ4n) is 3.26. The van der Waals surface area contributed by atoms with Gasteiger partial charge in [-0.3, -0.25) is 25.0 Å². The predicted molar refractivity (Wildman–Crippen MR) is 119 cm³/mol. The Morgan fingerprint density at radius 3 is 2.44 bits per heavy atom. The van der Waals surface area contributed by atoms with Crippen molar-refractivity contribution in [3.63, 3.8) is 0 Å². The van der Waals surface area contributed by atoms with Crippen molar-refractivity contribution < 1.29 is 28.4 Å². The summed E-state index contributed by atoms with van der Waals surface area (Å²) in [5.41, 5.74) is 0.455. The number of benzene rings is 3. The Morgan fingerprint density at radius 2 is 1.74 bits per heavy atom. The normalized spacial score (nSPS) is 14.8. The first-order valence-electron chi connectivity index (χ1n) is 9.95. The van der Waals surface area contributed by atoms with Crippen molar-refractivity contribution in [2.45, 2.75) is 6.61 Å². The van der Waals surface area contributed by atoms with Crippen LogP contribution in [0.25, 0.3) is 6.08 Å². The molecule has 0 saturated carbocycles. The number of nitro groups is 1. The summed E-state index contributed by atoms with van der Waals surface area (Å²) in [5.74, 6) is -1.68. The first-order chi connectivity index (χ1) is 16.3. The van der Waals surface area contributed by atoms with Crippen LogP contribution < -0.4 is 15.0 Å². The van der Waals surface area contributed by atoms with E-state index < -0.39 is 22.8 Å². The van der Waals surface area contributed by atoms with Crippen molar-refractivity contribution in [1.29, 1.82) is 0 Å². The molecule has 34 heavy (non-hydrogen) atoms. The molecule has 1 heterocycles. The van der Waals surface area contributed by atoms with Crippen molar-refractivity contribution in [3.05, 3.63) is 105 Å². The van der Waals surface area contributed by atoms with Crippen LogP contribution >= 0.6 is 0 Å². The number of nitrogens with one attached hydrogen (secondary N) is 1. The summed E-state index contributed by atoms with van der Waals surface area (Å²) in [6.07, 6.45) is 1.30. The minimum atomic E-state index is -1.01. The lowest BCUT2D eigenvalue weighted by molar-refractivity contribution is -0.384. The number of anilines is 1. The number of hydrogen-bond donors (Lipinski definition) is 1. The molecule has 0 aromatic heterocycles. The summed E-state index contributed by atoms with van der Waals surface area (Å²) in [4.78, 5) is 48.6. The molecule has 0 radical (unpaired) electrons. The first-order valence-corrected chi connectivity index (χ1v) is 9.95. The van der Waals surface area contributed by atoms with E-state index in [2.05, 4.69) is 5.32 Å². The second kappa shape index (κ2) is 9.33. The summed E-state index contributed by atoms with van der Waals surface area (Å²) < 4.78 is 18.9. The summed E-state index contributed by atoms with van der Waals surface area (Å²) >= 11 is 0. The second-order valence-electron chi connectivity index (χ2n) is 7.22. The molecule has 4 rings (SSSR count). The van der Waals surface area contributed by atoms with E-state index in [0.29, 0.717) is 21.8 Å². The van der Waals surface area contributed by atoms with Gasteiger partial charge in [0.2, 0.25) is 0 Å². The monoisotopic (exact) mass is 461 g/mol. The average molecular weight is 461 g/mol. The van der Waals surface area contributed by atoms with Crippen LogP contribution in [0, 0.1) is 15.9 Å². The van der Waals surface area contributed by atoms with Crippen LogP contribution in [0.4, 0.5) is 20.6 Å². The number of nitrogens with zero attached hydrogens (tertiary/aromatic N) is 2. The lowest BCUT2D eigenvalue weighted by atomic mass is 10.1. The first kappa shape index (κ1) is 22.3. The van der Waals surface area contributed by atoms with Gasteiger partial charge in [0.15, 0.2) is 0 Å². The van der Waals surface area contributed by atoms with Crippen LogP contribution in [0.1, 0.15) is 11.1 Å². The molecule has 4 amide bonds. The van der Waals surface area contributed by atoms with Crippen molar-refractivity contribution >= 4 is 35.3 Å². The number of rotatable bonds is 6. The Bertz CT molecular complexity index is 1340. The number of hydrogen-bond acceptors (Lipinski definition) is 6. The zero-order valence-corrected chi connectivity index (χ0v) is 17.4. The van der Waals surface area contributed by atoms with E-state index in [1.54, 1.807) is 36.4 Å². The maximum Gasteiger partial charge on any atom is 0.335 e. The molecular formula is C24H16FN3O6. The number of halogens is 1. The Hall–Kier alpha value is -4.86. The molecule has 1 aliphatic rings. The number of nitro benzene ring substituents is 1. The lowest BCUT2D eigenvalue weighted by Crippen LogP contribution is -2.54. The zero-order valence-electron chi connectivity index (χ0n) is 17.4. The third-order valence-corrected chi connectivity index (χ3v) is 4.89. The number of barbiturate groups is 1. The molecule has 10 heteroatoms. The van der Waals surface area contributed by atoms with Gasteiger partial charge in [0.05, 0.1) is 10.6 Å². The van der Waals surface area contributed by atoms with Gasteiger partial charge >= 0.3 is 6.03 Å². The lowest BCUT2D eigenvalue weighted by Gasteiger charge is -2.26. The summed E-state index contributed by atoms with van der Waals surface area (Å²) in [7, 11) is 0. The molecule has 1 fully saturated rings. The SMILES string of the molecule is O=C1NC(=O)N(c2cccc([N+](=O)[O-])c2)C(=O)C1=Cc1ccc(OCc2cccc(F)c2)cc1. The maximum absolute atomic E-state index is 13.3. The minimum absolute atomic E-state index is 0.0452. The number of amides is 4. The predicted octanol–water partition coefficient (Wildman–Crippen LogP) is 3.98. The van der Waals surface area contributed by atoms with E-state index in [-0.39, 0.29) is 29.4 Å². The Balaban J connectivity index is 1.53.